The van der Waals surface area contributed by atoms with E-state index in [1.165, 1.54) is 0 Å². The van der Waals surface area contributed by atoms with E-state index < -0.39 is 34.4 Å². The van der Waals surface area contributed by atoms with Crippen LogP contribution in [0.5, 0.6) is 0 Å². The van der Waals surface area contributed by atoms with Crippen LogP contribution in [0.1, 0.15) is 12.8 Å². The van der Waals surface area contributed by atoms with Gasteiger partial charge in [0.2, 0.25) is 0 Å². The molecule has 10 nitrogen and oxygen atoms in total. The second-order valence-electron chi connectivity index (χ2n) is 4.37. The molecule has 2 saturated heterocycles. The van der Waals surface area contributed by atoms with Gasteiger partial charge < -0.3 is 4.90 Å². The highest BCUT2D eigenvalue weighted by Gasteiger charge is 2.49. The van der Waals surface area contributed by atoms with Gasteiger partial charge in [0.25, 0.3) is 5.91 Å². The van der Waals surface area contributed by atoms with Crippen LogP contribution in [0.3, 0.4) is 0 Å². The molecule has 0 saturated carbocycles. The van der Waals surface area contributed by atoms with Crippen molar-refractivity contribution in [2.24, 2.45) is 0 Å². The second-order valence-corrected chi connectivity index (χ2v) is 5.38. The molecule has 0 radical (unpaired) electrons. The molecule has 3 amide bonds. The topological polar surface area (TPSA) is 128 Å². The lowest BCUT2D eigenvalue weighted by molar-refractivity contribution is -0.165. The van der Waals surface area contributed by atoms with Crippen LogP contribution >= 0.6 is 0 Å². The molecule has 2 aliphatic rings. The summed E-state index contributed by atoms with van der Waals surface area (Å²) in [4.78, 5) is 24.7. The molecule has 2 N–H and O–H groups in total. The van der Waals surface area contributed by atoms with Crippen molar-refractivity contribution in [1.82, 2.24) is 15.0 Å². The van der Waals surface area contributed by atoms with Gasteiger partial charge in [0.05, 0.1) is 6.04 Å². The van der Waals surface area contributed by atoms with E-state index in [1.54, 1.807) is 0 Å². The lowest BCUT2D eigenvalue weighted by Crippen LogP contribution is -2.49. The lowest BCUT2D eigenvalue weighted by atomic mass is 10.0. The van der Waals surface area contributed by atoms with Crippen LogP contribution in [0.2, 0.25) is 0 Å². The Labute approximate surface area is 109 Å². The molecule has 19 heavy (non-hydrogen) atoms. The summed E-state index contributed by atoms with van der Waals surface area (Å²) in [5, 5.41) is 10.0. The van der Waals surface area contributed by atoms with Crippen molar-refractivity contribution in [3.8, 4) is 0 Å². The summed E-state index contributed by atoms with van der Waals surface area (Å²) in [7, 11) is -3.66. The summed E-state index contributed by atoms with van der Waals surface area (Å²) in [6, 6.07) is -2.25. The maximum Gasteiger partial charge on any atom is 0.418 e. The number of hydrogen-bond acceptors (Lipinski definition) is 6. The Morgan fingerprint density at radius 1 is 1.47 bits per heavy atom. The van der Waals surface area contributed by atoms with Crippen LogP contribution in [0.4, 0.5) is 4.79 Å². The van der Waals surface area contributed by atoms with Crippen molar-refractivity contribution in [2.75, 3.05) is 13.6 Å². The molecule has 0 aromatic rings. The van der Waals surface area contributed by atoms with E-state index in [0.29, 0.717) is 16.5 Å². The first-order valence-electron chi connectivity index (χ1n) is 5.44. The zero-order chi connectivity index (χ0) is 14.4. The Morgan fingerprint density at radius 2 is 2.11 bits per heavy atom. The minimum absolute atomic E-state index is 0.0958. The van der Waals surface area contributed by atoms with Gasteiger partial charge in [-0.2, -0.15) is 13.5 Å². The van der Waals surface area contributed by atoms with Gasteiger partial charge in [0, 0.05) is 13.6 Å². The van der Waals surface area contributed by atoms with Gasteiger partial charge in [-0.1, -0.05) is 0 Å². The Bertz CT molecular complexity index is 504. The molecule has 11 heteroatoms. The van der Waals surface area contributed by atoms with Gasteiger partial charge >= 0.3 is 16.4 Å². The summed E-state index contributed by atoms with van der Waals surface area (Å²) >= 11 is 0. The number of likely N-dealkylation sites (N-methyl/N-ethyl adjacent to an activating group) is 1. The van der Waals surface area contributed by atoms with Crippen LogP contribution in [0.15, 0.2) is 0 Å². The van der Waals surface area contributed by atoms with Crippen LogP contribution in [0, 0.1) is 0 Å². The summed E-state index contributed by atoms with van der Waals surface area (Å²) in [6.07, 6.45) is 0.591. The molecule has 1 unspecified atom stereocenters. The molecule has 2 heterocycles. The summed E-state index contributed by atoms with van der Waals surface area (Å²) in [6.45, 7) is 0.0958. The van der Waals surface area contributed by atoms with E-state index in [4.69, 9.17) is 9.76 Å². The summed E-state index contributed by atoms with van der Waals surface area (Å²) in [5.41, 5.74) is 0. The molecule has 2 rings (SSSR count). The monoisotopic (exact) mass is 295 g/mol. The number of piperidine rings is 1. The molecular formula is C8H13N3O7S. The van der Waals surface area contributed by atoms with Crippen molar-refractivity contribution in [1.29, 1.82) is 0 Å². The van der Waals surface area contributed by atoms with Crippen molar-refractivity contribution in [3.63, 3.8) is 0 Å². The average molecular weight is 295 g/mol. The first-order valence-corrected chi connectivity index (χ1v) is 6.80. The van der Waals surface area contributed by atoms with E-state index in [9.17, 15) is 18.0 Å². The Hall–Kier alpha value is -1.43. The Kier molecular flexibility index (Phi) is 3.38. The highest BCUT2D eigenvalue weighted by Crippen LogP contribution is 2.31. The van der Waals surface area contributed by atoms with Crippen LogP contribution in [-0.2, 0) is 19.5 Å². The van der Waals surface area contributed by atoms with Crippen LogP contribution in [0.25, 0.3) is 0 Å². The van der Waals surface area contributed by atoms with Crippen LogP contribution in [-0.4, -0.2) is 70.8 Å². The highest BCUT2D eigenvalue weighted by molar-refractivity contribution is 7.80. The molecule has 108 valence electrons. The number of amides is 3. The van der Waals surface area contributed by atoms with Gasteiger partial charge in [-0.25, -0.2) is 9.86 Å². The fourth-order valence-electron chi connectivity index (χ4n) is 2.30. The van der Waals surface area contributed by atoms with E-state index in [1.807, 2.05) is 0 Å². The van der Waals surface area contributed by atoms with Crippen molar-refractivity contribution in [2.45, 2.75) is 24.9 Å². The number of carbonyl (C=O) groups is 2. The number of urea groups is 1. The molecule has 0 aromatic heterocycles. The number of hydroxylamine groups is 4. The van der Waals surface area contributed by atoms with E-state index >= 15 is 0 Å². The van der Waals surface area contributed by atoms with Gasteiger partial charge in [-0.3, -0.25) is 14.6 Å². The van der Waals surface area contributed by atoms with Crippen LogP contribution < -0.4 is 0 Å². The fourth-order valence-corrected chi connectivity index (χ4v) is 2.69. The van der Waals surface area contributed by atoms with Crippen molar-refractivity contribution >= 4 is 22.3 Å². The van der Waals surface area contributed by atoms with Gasteiger partial charge in [-0.05, 0) is 12.8 Å². The number of fused-ring (bicyclic) bond motifs is 2. The maximum absolute atomic E-state index is 11.9. The molecule has 0 aromatic carbocycles. The number of rotatable bonds is 3. The molecule has 2 fully saturated rings. The standard InChI is InChI=1S/C8H13N3O7S/c1-9(14)7(12)6-3-2-5-4-10(6)8(13)11(5)18-19(15,16)17/h5-6,14H,2-4H2,1H3,(H,15,16,17)/t5?,6-/m0/s1. The minimum Gasteiger partial charge on any atom is -0.309 e. The molecule has 2 aliphatic heterocycles. The average Bonchev–Trinajstić information content (AvgIpc) is 2.52. The maximum atomic E-state index is 11.9. The Morgan fingerprint density at radius 3 is 2.63 bits per heavy atom. The van der Waals surface area contributed by atoms with E-state index in [2.05, 4.69) is 4.28 Å². The number of nitrogens with zero attached hydrogens (tertiary/aromatic N) is 3. The van der Waals surface area contributed by atoms with Crippen molar-refractivity contribution in [3.05, 3.63) is 0 Å². The first kappa shape index (κ1) is 14.0. The third kappa shape index (κ3) is 2.63. The van der Waals surface area contributed by atoms with Gasteiger partial charge in [0.15, 0.2) is 0 Å². The Balaban J connectivity index is 2.18. The third-order valence-electron chi connectivity index (χ3n) is 3.10. The largest absolute Gasteiger partial charge is 0.418 e. The number of hydrogen-bond donors (Lipinski definition) is 2. The fraction of sp³-hybridized carbons (Fsp3) is 0.750. The zero-order valence-corrected chi connectivity index (χ0v) is 10.8. The predicted octanol–water partition coefficient (Wildman–Crippen LogP) is -1.16. The summed E-state index contributed by atoms with van der Waals surface area (Å²) in [5.74, 6) is -0.666. The smallest absolute Gasteiger partial charge is 0.309 e. The minimum atomic E-state index is -4.80. The molecule has 2 bridgehead atoms. The van der Waals surface area contributed by atoms with Gasteiger partial charge in [0.1, 0.15) is 6.04 Å². The van der Waals surface area contributed by atoms with Gasteiger partial charge in [-0.15, -0.1) is 4.28 Å². The molecule has 2 atom stereocenters. The number of carbonyl (C=O) groups excluding carboxylic acids is 2. The van der Waals surface area contributed by atoms with E-state index in [0.717, 1.165) is 11.9 Å². The highest BCUT2D eigenvalue weighted by atomic mass is 32.3. The van der Waals surface area contributed by atoms with Crippen molar-refractivity contribution < 1.29 is 32.1 Å². The second kappa shape index (κ2) is 4.59. The normalized spacial score (nSPS) is 26.8. The first-order chi connectivity index (χ1) is 8.70. The lowest BCUT2D eigenvalue weighted by Gasteiger charge is -2.30. The quantitative estimate of drug-likeness (QED) is 0.381. The molecular weight excluding hydrogens is 282 g/mol. The molecule has 0 aliphatic carbocycles. The van der Waals surface area contributed by atoms with E-state index in [-0.39, 0.29) is 13.0 Å². The summed E-state index contributed by atoms with van der Waals surface area (Å²) < 4.78 is 34.1. The SMILES string of the molecule is CN(O)C(=O)[C@@H]1CCC2CN1C(=O)N2OS(=O)(=O)O. The molecule has 0 spiro atoms. The third-order valence-corrected chi connectivity index (χ3v) is 3.45. The predicted molar refractivity (Wildman–Crippen MR) is 57.9 cm³/mol. The zero-order valence-electron chi connectivity index (χ0n) is 9.96.